The van der Waals surface area contributed by atoms with Crippen molar-refractivity contribution in [1.82, 2.24) is 14.7 Å². The minimum atomic E-state index is -0.506. The standard InChI is InChI=1S/C16H17FN4O2/c1-11(22)18-15-7-9-21(19-15)12-6-8-20(10-12)16(23)13-4-2-3-5-14(13)17/h2-5,7,9,12H,6,8,10H2,1H3,(H,18,19,22)/t12-/m1/s1. The SMILES string of the molecule is CC(=O)Nc1ccn([C@@H]2CCN(C(=O)c3ccccc3F)C2)n1. The van der Waals surface area contributed by atoms with Gasteiger partial charge in [0, 0.05) is 32.3 Å². The third kappa shape index (κ3) is 3.23. The van der Waals surface area contributed by atoms with Crippen molar-refractivity contribution in [2.75, 3.05) is 18.4 Å². The Kier molecular flexibility index (Phi) is 4.10. The Balaban J connectivity index is 1.69. The van der Waals surface area contributed by atoms with Gasteiger partial charge in [0.25, 0.3) is 5.91 Å². The van der Waals surface area contributed by atoms with Gasteiger partial charge in [-0.15, -0.1) is 0 Å². The van der Waals surface area contributed by atoms with E-state index in [0.717, 1.165) is 6.42 Å². The quantitative estimate of drug-likeness (QED) is 0.942. The zero-order chi connectivity index (χ0) is 16.4. The average Bonchev–Trinajstić information content (AvgIpc) is 3.15. The smallest absolute Gasteiger partial charge is 0.256 e. The second-order valence-corrected chi connectivity index (χ2v) is 5.54. The van der Waals surface area contributed by atoms with Crippen LogP contribution in [0.1, 0.15) is 29.7 Å². The molecule has 1 aliphatic heterocycles. The van der Waals surface area contributed by atoms with Crippen LogP contribution in [0.5, 0.6) is 0 Å². The molecule has 0 unspecified atom stereocenters. The number of benzene rings is 1. The number of nitrogens with one attached hydrogen (secondary N) is 1. The molecule has 1 aromatic carbocycles. The molecule has 0 spiro atoms. The summed E-state index contributed by atoms with van der Waals surface area (Å²) in [6, 6.07) is 7.72. The Labute approximate surface area is 132 Å². The zero-order valence-electron chi connectivity index (χ0n) is 12.7. The molecule has 120 valence electrons. The summed E-state index contributed by atoms with van der Waals surface area (Å²) >= 11 is 0. The number of amides is 2. The number of rotatable bonds is 3. The van der Waals surface area contributed by atoms with Gasteiger partial charge in [-0.05, 0) is 18.6 Å². The number of likely N-dealkylation sites (tertiary alicyclic amines) is 1. The Bertz CT molecular complexity index is 743. The summed E-state index contributed by atoms with van der Waals surface area (Å²) < 4.78 is 15.5. The van der Waals surface area contributed by atoms with Gasteiger partial charge in [-0.1, -0.05) is 12.1 Å². The highest BCUT2D eigenvalue weighted by Crippen LogP contribution is 2.24. The molecule has 3 rings (SSSR count). The molecule has 0 radical (unpaired) electrons. The second-order valence-electron chi connectivity index (χ2n) is 5.54. The van der Waals surface area contributed by atoms with E-state index in [4.69, 9.17) is 0 Å². The van der Waals surface area contributed by atoms with E-state index in [1.165, 1.54) is 19.1 Å². The molecule has 2 aromatic rings. The van der Waals surface area contributed by atoms with E-state index in [-0.39, 0.29) is 23.4 Å². The lowest BCUT2D eigenvalue weighted by molar-refractivity contribution is -0.114. The molecule has 1 saturated heterocycles. The molecule has 23 heavy (non-hydrogen) atoms. The summed E-state index contributed by atoms with van der Waals surface area (Å²) in [6.07, 6.45) is 2.51. The van der Waals surface area contributed by atoms with Crippen molar-refractivity contribution in [3.05, 3.63) is 47.9 Å². The van der Waals surface area contributed by atoms with Crippen LogP contribution in [0.2, 0.25) is 0 Å². The molecule has 2 heterocycles. The predicted octanol–water partition coefficient (Wildman–Crippen LogP) is 2.07. The van der Waals surface area contributed by atoms with E-state index in [9.17, 15) is 14.0 Å². The van der Waals surface area contributed by atoms with E-state index in [0.29, 0.717) is 18.9 Å². The highest BCUT2D eigenvalue weighted by atomic mass is 19.1. The van der Waals surface area contributed by atoms with Gasteiger partial charge in [0.1, 0.15) is 5.82 Å². The molecule has 2 amide bonds. The molecule has 0 bridgehead atoms. The van der Waals surface area contributed by atoms with Gasteiger partial charge in [0.2, 0.25) is 5.91 Å². The number of carbonyl (C=O) groups is 2. The molecule has 0 saturated carbocycles. The average molecular weight is 316 g/mol. The fraction of sp³-hybridized carbons (Fsp3) is 0.312. The summed E-state index contributed by atoms with van der Waals surface area (Å²) in [4.78, 5) is 25.0. The fourth-order valence-electron chi connectivity index (χ4n) is 2.74. The van der Waals surface area contributed by atoms with E-state index < -0.39 is 5.82 Å². The topological polar surface area (TPSA) is 67.2 Å². The van der Waals surface area contributed by atoms with Crippen LogP contribution in [0.4, 0.5) is 10.2 Å². The van der Waals surface area contributed by atoms with Gasteiger partial charge >= 0.3 is 0 Å². The normalized spacial score (nSPS) is 17.3. The van der Waals surface area contributed by atoms with Crippen LogP contribution in [0.15, 0.2) is 36.5 Å². The van der Waals surface area contributed by atoms with Crippen LogP contribution in [-0.2, 0) is 4.79 Å². The van der Waals surface area contributed by atoms with Crippen LogP contribution in [0.25, 0.3) is 0 Å². The van der Waals surface area contributed by atoms with E-state index in [1.54, 1.807) is 34.0 Å². The Morgan fingerprint density at radius 3 is 2.83 bits per heavy atom. The summed E-state index contributed by atoms with van der Waals surface area (Å²) in [6.45, 7) is 2.44. The van der Waals surface area contributed by atoms with Crippen LogP contribution in [-0.4, -0.2) is 39.6 Å². The highest BCUT2D eigenvalue weighted by Gasteiger charge is 2.29. The third-order valence-electron chi connectivity index (χ3n) is 3.84. The molecule has 1 N–H and O–H groups in total. The maximum absolute atomic E-state index is 13.7. The number of aromatic nitrogens is 2. The van der Waals surface area contributed by atoms with Gasteiger partial charge in [-0.25, -0.2) is 4.39 Å². The first-order valence-electron chi connectivity index (χ1n) is 7.41. The van der Waals surface area contributed by atoms with Gasteiger partial charge < -0.3 is 10.2 Å². The lowest BCUT2D eigenvalue weighted by Gasteiger charge is -2.17. The summed E-state index contributed by atoms with van der Waals surface area (Å²) in [5.74, 6) is -0.512. The van der Waals surface area contributed by atoms with Crippen molar-refractivity contribution in [3.8, 4) is 0 Å². The van der Waals surface area contributed by atoms with Gasteiger partial charge in [0.15, 0.2) is 5.82 Å². The van der Waals surface area contributed by atoms with Gasteiger partial charge in [-0.2, -0.15) is 5.10 Å². The Morgan fingerprint density at radius 2 is 2.09 bits per heavy atom. The first-order valence-corrected chi connectivity index (χ1v) is 7.41. The molecule has 7 heteroatoms. The van der Waals surface area contributed by atoms with Crippen LogP contribution >= 0.6 is 0 Å². The number of hydrogen-bond donors (Lipinski definition) is 1. The first-order chi connectivity index (χ1) is 11.0. The molecule has 0 aliphatic carbocycles. The van der Waals surface area contributed by atoms with Crippen LogP contribution in [0.3, 0.4) is 0 Å². The molecule has 6 nitrogen and oxygen atoms in total. The molecular weight excluding hydrogens is 299 g/mol. The number of carbonyl (C=O) groups excluding carboxylic acids is 2. The number of nitrogens with zero attached hydrogens (tertiary/aromatic N) is 3. The van der Waals surface area contributed by atoms with E-state index in [1.807, 2.05) is 0 Å². The van der Waals surface area contributed by atoms with Crippen molar-refractivity contribution < 1.29 is 14.0 Å². The largest absolute Gasteiger partial charge is 0.336 e. The lowest BCUT2D eigenvalue weighted by atomic mass is 10.2. The summed E-state index contributed by atoms with van der Waals surface area (Å²) in [5.41, 5.74) is 0.0903. The number of anilines is 1. The molecular formula is C16H17FN4O2. The monoisotopic (exact) mass is 316 g/mol. The van der Waals surface area contributed by atoms with Crippen molar-refractivity contribution >= 4 is 17.6 Å². The van der Waals surface area contributed by atoms with E-state index >= 15 is 0 Å². The summed E-state index contributed by atoms with van der Waals surface area (Å²) in [5, 5.41) is 6.90. The van der Waals surface area contributed by atoms with Crippen molar-refractivity contribution in [2.24, 2.45) is 0 Å². The fourth-order valence-corrected chi connectivity index (χ4v) is 2.74. The highest BCUT2D eigenvalue weighted by molar-refractivity contribution is 5.94. The Morgan fingerprint density at radius 1 is 1.30 bits per heavy atom. The Hall–Kier alpha value is -2.70. The van der Waals surface area contributed by atoms with Gasteiger partial charge in [-0.3, -0.25) is 14.3 Å². The van der Waals surface area contributed by atoms with Crippen LogP contribution in [0, 0.1) is 5.82 Å². The molecule has 1 aliphatic rings. The molecule has 1 aromatic heterocycles. The lowest BCUT2D eigenvalue weighted by Crippen LogP contribution is -2.29. The predicted molar refractivity (Wildman–Crippen MR) is 82.5 cm³/mol. The van der Waals surface area contributed by atoms with Crippen molar-refractivity contribution in [3.63, 3.8) is 0 Å². The molecule has 1 atom stereocenters. The van der Waals surface area contributed by atoms with Crippen molar-refractivity contribution in [2.45, 2.75) is 19.4 Å². The van der Waals surface area contributed by atoms with Crippen LogP contribution < -0.4 is 5.32 Å². The van der Waals surface area contributed by atoms with Gasteiger partial charge in [0.05, 0.1) is 11.6 Å². The maximum Gasteiger partial charge on any atom is 0.256 e. The first kappa shape index (κ1) is 15.2. The number of hydrogen-bond acceptors (Lipinski definition) is 3. The zero-order valence-corrected chi connectivity index (χ0v) is 12.7. The molecule has 1 fully saturated rings. The van der Waals surface area contributed by atoms with Crippen molar-refractivity contribution in [1.29, 1.82) is 0 Å². The minimum Gasteiger partial charge on any atom is -0.336 e. The second kappa shape index (κ2) is 6.20. The maximum atomic E-state index is 13.7. The summed E-state index contributed by atoms with van der Waals surface area (Å²) in [7, 11) is 0. The third-order valence-corrected chi connectivity index (χ3v) is 3.84. The minimum absolute atomic E-state index is 0.0215. The number of halogens is 1. The van der Waals surface area contributed by atoms with E-state index in [2.05, 4.69) is 10.4 Å².